The Bertz CT molecular complexity index is 556. The molecular formula is C14H14Br2ClNS. The summed E-state index contributed by atoms with van der Waals surface area (Å²) >= 11 is 15.0. The van der Waals surface area contributed by atoms with Crippen molar-refractivity contribution < 1.29 is 0 Å². The second-order valence-corrected chi connectivity index (χ2v) is 8.02. The summed E-state index contributed by atoms with van der Waals surface area (Å²) < 4.78 is 2.27. The van der Waals surface area contributed by atoms with Crippen LogP contribution in [-0.4, -0.2) is 6.54 Å². The molecular weight excluding hydrogens is 409 g/mol. The molecule has 0 saturated heterocycles. The summed E-state index contributed by atoms with van der Waals surface area (Å²) in [5.41, 5.74) is 1.21. The lowest BCUT2D eigenvalue weighted by Crippen LogP contribution is -2.23. The van der Waals surface area contributed by atoms with Crippen molar-refractivity contribution in [1.29, 1.82) is 0 Å². The van der Waals surface area contributed by atoms with Gasteiger partial charge in [0.05, 0.1) is 3.79 Å². The van der Waals surface area contributed by atoms with Crippen LogP contribution < -0.4 is 5.32 Å². The van der Waals surface area contributed by atoms with Crippen molar-refractivity contribution in [2.24, 2.45) is 0 Å². The molecule has 0 saturated carbocycles. The van der Waals surface area contributed by atoms with E-state index in [0.717, 1.165) is 22.5 Å². The summed E-state index contributed by atoms with van der Waals surface area (Å²) in [6.07, 6.45) is 0.961. The molecule has 2 rings (SSSR count). The first-order chi connectivity index (χ1) is 9.10. The van der Waals surface area contributed by atoms with Gasteiger partial charge in [0.25, 0.3) is 0 Å². The largest absolute Gasteiger partial charge is 0.310 e. The van der Waals surface area contributed by atoms with E-state index in [2.05, 4.69) is 56.2 Å². The third-order valence-corrected chi connectivity index (χ3v) is 5.42. The summed E-state index contributed by atoms with van der Waals surface area (Å²) in [4.78, 5) is 1.35. The van der Waals surface area contributed by atoms with Gasteiger partial charge in [-0.15, -0.1) is 11.3 Å². The van der Waals surface area contributed by atoms with Gasteiger partial charge in [-0.2, -0.15) is 0 Å². The van der Waals surface area contributed by atoms with E-state index in [0.29, 0.717) is 0 Å². The molecule has 1 aromatic heterocycles. The molecule has 0 radical (unpaired) electrons. The Morgan fingerprint density at radius 2 is 2.05 bits per heavy atom. The minimum Gasteiger partial charge on any atom is -0.310 e. The Balaban J connectivity index is 2.26. The quantitative estimate of drug-likeness (QED) is 0.639. The fraction of sp³-hybridized carbons (Fsp3) is 0.286. The lowest BCUT2D eigenvalue weighted by atomic mass is 10.0. The molecule has 0 aliphatic rings. The van der Waals surface area contributed by atoms with Gasteiger partial charge in [-0.3, -0.25) is 0 Å². The summed E-state index contributed by atoms with van der Waals surface area (Å²) in [5, 5.41) is 4.30. The molecule has 1 nitrogen and oxygen atoms in total. The average molecular weight is 424 g/mol. The van der Waals surface area contributed by atoms with E-state index < -0.39 is 0 Å². The Kier molecular flexibility index (Phi) is 5.90. The molecule has 2 aromatic rings. The minimum atomic E-state index is 0.267. The van der Waals surface area contributed by atoms with Crippen LogP contribution in [0.3, 0.4) is 0 Å². The number of halogens is 3. The Labute approximate surface area is 139 Å². The highest BCUT2D eigenvalue weighted by Crippen LogP contribution is 2.31. The fourth-order valence-electron chi connectivity index (χ4n) is 1.98. The van der Waals surface area contributed by atoms with E-state index in [1.54, 1.807) is 11.3 Å². The summed E-state index contributed by atoms with van der Waals surface area (Å²) in [7, 11) is 0. The molecule has 1 atom stereocenters. The van der Waals surface area contributed by atoms with Gasteiger partial charge in [0, 0.05) is 26.8 Å². The van der Waals surface area contributed by atoms with Gasteiger partial charge in [0.1, 0.15) is 0 Å². The van der Waals surface area contributed by atoms with E-state index in [-0.39, 0.29) is 6.04 Å². The summed E-state index contributed by atoms with van der Waals surface area (Å²) in [6, 6.07) is 10.5. The highest BCUT2D eigenvalue weighted by atomic mass is 79.9. The lowest BCUT2D eigenvalue weighted by molar-refractivity contribution is 0.551. The normalized spacial score (nSPS) is 12.6. The van der Waals surface area contributed by atoms with Gasteiger partial charge in [-0.05, 0) is 58.4 Å². The SMILES string of the molecule is CCNC(Cc1ccc(Br)s1)c1cc(Cl)ccc1Br. The van der Waals surface area contributed by atoms with Crippen molar-refractivity contribution in [2.75, 3.05) is 6.54 Å². The van der Waals surface area contributed by atoms with Crippen LogP contribution in [0, 0.1) is 0 Å². The molecule has 0 bridgehead atoms. The van der Waals surface area contributed by atoms with Crippen molar-refractivity contribution in [1.82, 2.24) is 5.32 Å². The third kappa shape index (κ3) is 4.30. The van der Waals surface area contributed by atoms with E-state index in [1.807, 2.05) is 18.2 Å². The molecule has 1 heterocycles. The Morgan fingerprint density at radius 3 is 2.68 bits per heavy atom. The fourth-order valence-corrected chi connectivity index (χ4v) is 4.21. The van der Waals surface area contributed by atoms with Crippen molar-refractivity contribution >= 4 is 54.8 Å². The van der Waals surface area contributed by atoms with Gasteiger partial charge < -0.3 is 5.32 Å². The van der Waals surface area contributed by atoms with Crippen LogP contribution in [-0.2, 0) is 6.42 Å². The third-order valence-electron chi connectivity index (χ3n) is 2.82. The Hall–Kier alpha value is 0.130. The topological polar surface area (TPSA) is 12.0 Å². The van der Waals surface area contributed by atoms with E-state index in [4.69, 9.17) is 11.6 Å². The molecule has 5 heteroatoms. The van der Waals surface area contributed by atoms with Crippen molar-refractivity contribution in [2.45, 2.75) is 19.4 Å². The average Bonchev–Trinajstić information content (AvgIpc) is 2.77. The van der Waals surface area contributed by atoms with Crippen LogP contribution in [0.4, 0.5) is 0 Å². The van der Waals surface area contributed by atoms with Crippen LogP contribution >= 0.6 is 54.8 Å². The highest BCUT2D eigenvalue weighted by molar-refractivity contribution is 9.11. The van der Waals surface area contributed by atoms with Crippen molar-refractivity contribution in [3.8, 4) is 0 Å². The number of benzene rings is 1. The Morgan fingerprint density at radius 1 is 1.26 bits per heavy atom. The molecule has 0 aliphatic heterocycles. The second-order valence-electron chi connectivity index (χ2n) is 4.19. The standard InChI is InChI=1S/C14H14Br2ClNS/c1-2-18-13(8-10-4-6-14(16)19-10)11-7-9(17)3-5-12(11)15/h3-7,13,18H,2,8H2,1H3. The van der Waals surface area contributed by atoms with Crippen LogP contribution in [0.25, 0.3) is 0 Å². The molecule has 0 spiro atoms. The monoisotopic (exact) mass is 421 g/mol. The number of rotatable bonds is 5. The molecule has 102 valence electrons. The molecule has 19 heavy (non-hydrogen) atoms. The second kappa shape index (κ2) is 7.23. The lowest BCUT2D eigenvalue weighted by Gasteiger charge is -2.19. The maximum atomic E-state index is 6.11. The highest BCUT2D eigenvalue weighted by Gasteiger charge is 2.15. The maximum Gasteiger partial charge on any atom is 0.0701 e. The number of thiophene rings is 1. The van der Waals surface area contributed by atoms with Gasteiger partial charge in [-0.1, -0.05) is 34.5 Å². The number of hydrogen-bond donors (Lipinski definition) is 1. The first-order valence-electron chi connectivity index (χ1n) is 6.02. The van der Waals surface area contributed by atoms with E-state index in [1.165, 1.54) is 14.2 Å². The maximum absolute atomic E-state index is 6.11. The first-order valence-corrected chi connectivity index (χ1v) is 8.80. The van der Waals surface area contributed by atoms with Gasteiger partial charge in [0.2, 0.25) is 0 Å². The minimum absolute atomic E-state index is 0.267. The zero-order chi connectivity index (χ0) is 13.8. The summed E-state index contributed by atoms with van der Waals surface area (Å²) in [5.74, 6) is 0. The van der Waals surface area contributed by atoms with Gasteiger partial charge in [0.15, 0.2) is 0 Å². The van der Waals surface area contributed by atoms with Crippen LogP contribution in [0.5, 0.6) is 0 Å². The number of nitrogens with one attached hydrogen (secondary N) is 1. The number of likely N-dealkylation sites (N-methyl/N-ethyl adjacent to an activating group) is 1. The van der Waals surface area contributed by atoms with Gasteiger partial charge in [-0.25, -0.2) is 0 Å². The van der Waals surface area contributed by atoms with Crippen molar-refractivity contribution in [3.63, 3.8) is 0 Å². The zero-order valence-corrected chi connectivity index (χ0v) is 15.2. The zero-order valence-electron chi connectivity index (χ0n) is 10.4. The van der Waals surface area contributed by atoms with Crippen LogP contribution in [0.1, 0.15) is 23.4 Å². The molecule has 1 unspecified atom stereocenters. The predicted octanol–water partition coefficient (Wildman–Crippen LogP) is 5.82. The molecule has 0 aliphatic carbocycles. The van der Waals surface area contributed by atoms with E-state index >= 15 is 0 Å². The molecule has 0 fully saturated rings. The molecule has 1 aromatic carbocycles. The molecule has 0 amide bonds. The summed E-state index contributed by atoms with van der Waals surface area (Å²) in [6.45, 7) is 3.05. The van der Waals surface area contributed by atoms with Crippen LogP contribution in [0.2, 0.25) is 5.02 Å². The van der Waals surface area contributed by atoms with Crippen LogP contribution in [0.15, 0.2) is 38.6 Å². The first kappa shape index (κ1) is 15.5. The van der Waals surface area contributed by atoms with Crippen molar-refractivity contribution in [3.05, 3.63) is 54.1 Å². The van der Waals surface area contributed by atoms with E-state index in [9.17, 15) is 0 Å². The molecule has 1 N–H and O–H groups in total. The smallest absolute Gasteiger partial charge is 0.0701 e. The predicted molar refractivity (Wildman–Crippen MR) is 91.3 cm³/mol. The number of hydrogen-bond acceptors (Lipinski definition) is 2. The van der Waals surface area contributed by atoms with Gasteiger partial charge >= 0.3 is 0 Å².